The first-order valence-electron chi connectivity index (χ1n) is 7.75. The maximum absolute atomic E-state index is 11.4. The van der Waals surface area contributed by atoms with E-state index in [-0.39, 0.29) is 22.6 Å². The van der Waals surface area contributed by atoms with E-state index in [1.165, 1.54) is 19.2 Å². The van der Waals surface area contributed by atoms with Crippen LogP contribution in [0.3, 0.4) is 0 Å². The predicted octanol–water partition coefficient (Wildman–Crippen LogP) is 3.69. The molecule has 6 nitrogen and oxygen atoms in total. The van der Waals surface area contributed by atoms with E-state index >= 15 is 0 Å². The van der Waals surface area contributed by atoms with Gasteiger partial charge in [-0.1, -0.05) is 33.1 Å². The highest BCUT2D eigenvalue weighted by Gasteiger charge is 2.21. The first kappa shape index (κ1) is 18.8. The van der Waals surface area contributed by atoms with Crippen LogP contribution in [-0.2, 0) is 0 Å². The van der Waals surface area contributed by atoms with E-state index in [1.807, 2.05) is 0 Å². The lowest BCUT2D eigenvalue weighted by Crippen LogP contribution is -2.14. The molecule has 1 unspecified atom stereocenters. The Morgan fingerprint density at radius 1 is 1.09 bits per heavy atom. The quantitative estimate of drug-likeness (QED) is 0.682. The van der Waals surface area contributed by atoms with E-state index in [1.54, 1.807) is 0 Å². The second-order valence-corrected chi connectivity index (χ2v) is 5.39. The third kappa shape index (κ3) is 5.16. The fourth-order valence-corrected chi connectivity index (χ4v) is 2.29. The van der Waals surface area contributed by atoms with Crippen LogP contribution in [0.1, 0.15) is 60.2 Å². The highest BCUT2D eigenvalue weighted by molar-refractivity contribution is 5.97. The maximum Gasteiger partial charge on any atom is 0.339 e. The van der Waals surface area contributed by atoms with Crippen molar-refractivity contribution in [2.45, 2.75) is 39.5 Å². The van der Waals surface area contributed by atoms with Crippen LogP contribution in [-0.4, -0.2) is 35.9 Å². The molecule has 0 aromatic heterocycles. The van der Waals surface area contributed by atoms with Gasteiger partial charge in [-0.25, -0.2) is 9.59 Å². The number of hydrogen-bond donors (Lipinski definition) is 2. The summed E-state index contributed by atoms with van der Waals surface area (Å²) >= 11 is 0. The zero-order valence-corrected chi connectivity index (χ0v) is 13.8. The molecule has 1 rings (SSSR count). The number of rotatable bonds is 10. The molecule has 2 N–H and O–H groups in total. The Kier molecular flexibility index (Phi) is 7.38. The van der Waals surface area contributed by atoms with Crippen LogP contribution in [0.2, 0.25) is 0 Å². The van der Waals surface area contributed by atoms with Crippen molar-refractivity contribution < 1.29 is 29.3 Å². The zero-order chi connectivity index (χ0) is 17.4. The summed E-state index contributed by atoms with van der Waals surface area (Å²) in [5.41, 5.74) is -0.216. The van der Waals surface area contributed by atoms with Gasteiger partial charge in [0, 0.05) is 0 Å². The average molecular weight is 324 g/mol. The van der Waals surface area contributed by atoms with Crippen molar-refractivity contribution in [3.63, 3.8) is 0 Å². The molecule has 0 heterocycles. The van der Waals surface area contributed by atoms with Crippen LogP contribution in [0.15, 0.2) is 12.1 Å². The van der Waals surface area contributed by atoms with Gasteiger partial charge < -0.3 is 19.7 Å². The highest BCUT2D eigenvalue weighted by Crippen LogP contribution is 2.30. The lowest BCUT2D eigenvalue weighted by molar-refractivity contribution is 0.0672. The summed E-state index contributed by atoms with van der Waals surface area (Å²) in [6.45, 7) is 4.53. The van der Waals surface area contributed by atoms with E-state index < -0.39 is 11.9 Å². The number of unbranched alkanes of at least 4 members (excludes halogenated alkanes) is 1. The second kappa shape index (κ2) is 9.02. The molecule has 1 aromatic carbocycles. The number of hydrogen-bond acceptors (Lipinski definition) is 4. The summed E-state index contributed by atoms with van der Waals surface area (Å²) in [7, 11) is 1.30. The van der Waals surface area contributed by atoms with Gasteiger partial charge in [-0.15, -0.1) is 0 Å². The van der Waals surface area contributed by atoms with Gasteiger partial charge >= 0.3 is 11.9 Å². The summed E-state index contributed by atoms with van der Waals surface area (Å²) in [6.07, 6.45) is 4.08. The molecule has 1 aromatic rings. The van der Waals surface area contributed by atoms with Gasteiger partial charge in [0.1, 0.15) is 22.6 Å². The van der Waals surface area contributed by atoms with Gasteiger partial charge in [-0.2, -0.15) is 0 Å². The molecule has 0 saturated heterocycles. The van der Waals surface area contributed by atoms with Crippen LogP contribution in [0.5, 0.6) is 11.5 Å². The Morgan fingerprint density at radius 3 is 2.13 bits per heavy atom. The summed E-state index contributed by atoms with van der Waals surface area (Å²) in [4.78, 5) is 22.6. The van der Waals surface area contributed by atoms with E-state index in [9.17, 15) is 19.8 Å². The minimum absolute atomic E-state index is 0.000254. The Morgan fingerprint density at radius 2 is 1.65 bits per heavy atom. The summed E-state index contributed by atoms with van der Waals surface area (Å²) in [5.74, 6) is -2.00. The number of carbonyl (C=O) groups is 2. The zero-order valence-electron chi connectivity index (χ0n) is 13.8. The van der Waals surface area contributed by atoms with Gasteiger partial charge in [0.2, 0.25) is 0 Å². The van der Waals surface area contributed by atoms with Crippen LogP contribution >= 0.6 is 0 Å². The molecule has 1 atom stereocenters. The Balaban J connectivity index is 3.05. The first-order valence-corrected chi connectivity index (χ1v) is 7.75. The Hall–Kier alpha value is -2.24. The molecule has 0 amide bonds. The number of carboxylic acids is 2. The van der Waals surface area contributed by atoms with Crippen molar-refractivity contribution in [1.82, 2.24) is 0 Å². The van der Waals surface area contributed by atoms with Crippen molar-refractivity contribution in [2.75, 3.05) is 13.7 Å². The summed E-state index contributed by atoms with van der Waals surface area (Å²) in [5, 5.41) is 18.5. The van der Waals surface area contributed by atoms with Gasteiger partial charge in [-0.05, 0) is 24.5 Å². The molecule has 0 radical (unpaired) electrons. The van der Waals surface area contributed by atoms with Crippen molar-refractivity contribution >= 4 is 11.9 Å². The number of ether oxygens (including phenoxy) is 2. The lowest BCUT2D eigenvalue weighted by Gasteiger charge is -2.18. The van der Waals surface area contributed by atoms with E-state index in [0.29, 0.717) is 12.5 Å². The summed E-state index contributed by atoms with van der Waals surface area (Å²) < 4.78 is 10.6. The number of aromatic carboxylic acids is 2. The molecule has 0 aliphatic heterocycles. The van der Waals surface area contributed by atoms with E-state index in [4.69, 9.17) is 9.47 Å². The van der Waals surface area contributed by atoms with Gasteiger partial charge in [-0.3, -0.25) is 0 Å². The second-order valence-electron chi connectivity index (χ2n) is 5.39. The Bertz CT molecular complexity index is 552. The standard InChI is InChI=1S/C17H24O6/c1-4-6-7-11(5-2)10-23-15-9-12(16(18)19)14(22-3)8-13(15)17(20)21/h8-9,11H,4-7,10H2,1-3H3,(H,18,19)(H,20,21). The molecule has 0 bridgehead atoms. The largest absolute Gasteiger partial charge is 0.496 e. The topological polar surface area (TPSA) is 93.1 Å². The normalized spacial score (nSPS) is 11.8. The maximum atomic E-state index is 11.4. The third-order valence-electron chi connectivity index (χ3n) is 3.78. The fraction of sp³-hybridized carbons (Fsp3) is 0.529. The first-order chi connectivity index (χ1) is 10.9. The SMILES string of the molecule is CCCCC(CC)COc1cc(C(=O)O)c(OC)cc1C(=O)O. The van der Waals surface area contributed by atoms with Crippen LogP contribution in [0.4, 0.5) is 0 Å². The van der Waals surface area contributed by atoms with Crippen molar-refractivity contribution in [3.05, 3.63) is 23.3 Å². The van der Waals surface area contributed by atoms with Crippen molar-refractivity contribution in [2.24, 2.45) is 5.92 Å². The fourth-order valence-electron chi connectivity index (χ4n) is 2.29. The van der Waals surface area contributed by atoms with Crippen LogP contribution < -0.4 is 9.47 Å². The molecule has 0 aliphatic rings. The summed E-state index contributed by atoms with van der Waals surface area (Å²) in [6, 6.07) is 2.41. The molecule has 128 valence electrons. The number of carboxylic acid groups (broad SMARTS) is 2. The van der Waals surface area contributed by atoms with E-state index in [2.05, 4.69) is 13.8 Å². The van der Waals surface area contributed by atoms with E-state index in [0.717, 1.165) is 25.7 Å². The molecule has 0 spiro atoms. The van der Waals surface area contributed by atoms with Crippen LogP contribution in [0.25, 0.3) is 0 Å². The molecular weight excluding hydrogens is 300 g/mol. The van der Waals surface area contributed by atoms with Crippen LogP contribution in [0, 0.1) is 5.92 Å². The molecule has 23 heavy (non-hydrogen) atoms. The lowest BCUT2D eigenvalue weighted by atomic mass is 10.0. The minimum atomic E-state index is -1.19. The van der Waals surface area contributed by atoms with Crippen molar-refractivity contribution in [1.29, 1.82) is 0 Å². The molecule has 0 saturated carbocycles. The van der Waals surface area contributed by atoms with Gasteiger partial charge in [0.15, 0.2) is 0 Å². The predicted molar refractivity (Wildman–Crippen MR) is 85.7 cm³/mol. The van der Waals surface area contributed by atoms with Crippen molar-refractivity contribution in [3.8, 4) is 11.5 Å². The monoisotopic (exact) mass is 324 g/mol. The minimum Gasteiger partial charge on any atom is -0.496 e. The molecule has 0 fully saturated rings. The average Bonchev–Trinajstić information content (AvgIpc) is 2.53. The molecular formula is C17H24O6. The molecule has 0 aliphatic carbocycles. The molecule has 6 heteroatoms. The third-order valence-corrected chi connectivity index (χ3v) is 3.78. The van der Waals surface area contributed by atoms with Gasteiger partial charge in [0.05, 0.1) is 13.7 Å². The smallest absolute Gasteiger partial charge is 0.339 e. The Labute approximate surface area is 136 Å². The van der Waals surface area contributed by atoms with Gasteiger partial charge in [0.25, 0.3) is 0 Å². The number of benzene rings is 1. The number of methoxy groups -OCH3 is 1. The highest BCUT2D eigenvalue weighted by atomic mass is 16.5.